The molecule has 3 aromatic carbocycles. The van der Waals surface area contributed by atoms with Crippen molar-refractivity contribution in [3.63, 3.8) is 0 Å². The third-order valence-electron chi connectivity index (χ3n) is 7.61. The number of esters is 1. The molecule has 1 fully saturated rings. The van der Waals surface area contributed by atoms with Crippen LogP contribution in [0.3, 0.4) is 0 Å². The number of fused-ring (bicyclic) bond motifs is 2. The van der Waals surface area contributed by atoms with Crippen LogP contribution < -0.4 is 20.9 Å². The molecule has 3 N–H and O–H groups in total. The standard InChI is InChI=1S/C31H31N5O4/c1-40-31(39)22-7-9-24-25(18-22)34-30(38)28(24)29(20-5-3-2-4-6-20)33-23-8-10-26-21(17-23)11-14-36(26)27(37)19-35-15-12-32-13-16-35/h2-10,17-18,32-33H,11-16,19H2,1H3,(H,34,38)/b29-28-. The third kappa shape index (κ3) is 4.97. The molecule has 3 aliphatic rings. The number of carbonyl (C=O) groups excluding carboxylic acids is 3. The van der Waals surface area contributed by atoms with E-state index in [4.69, 9.17) is 4.74 Å². The van der Waals surface area contributed by atoms with Crippen LogP contribution in [0, 0.1) is 0 Å². The van der Waals surface area contributed by atoms with Crippen LogP contribution in [-0.2, 0) is 20.7 Å². The van der Waals surface area contributed by atoms with Crippen LogP contribution in [0.15, 0.2) is 66.7 Å². The van der Waals surface area contributed by atoms with Crippen molar-refractivity contribution in [1.82, 2.24) is 10.2 Å². The minimum Gasteiger partial charge on any atom is -0.465 e. The van der Waals surface area contributed by atoms with E-state index >= 15 is 0 Å². The fourth-order valence-corrected chi connectivity index (χ4v) is 5.58. The first-order valence-corrected chi connectivity index (χ1v) is 13.5. The Morgan fingerprint density at radius 1 is 0.950 bits per heavy atom. The van der Waals surface area contributed by atoms with Crippen molar-refractivity contribution in [2.75, 3.05) is 61.9 Å². The number of nitrogens with zero attached hydrogens (tertiary/aromatic N) is 2. The molecule has 3 heterocycles. The van der Waals surface area contributed by atoms with E-state index in [1.54, 1.807) is 18.2 Å². The van der Waals surface area contributed by atoms with E-state index in [2.05, 4.69) is 26.9 Å². The first-order valence-electron chi connectivity index (χ1n) is 13.5. The molecule has 0 atom stereocenters. The lowest BCUT2D eigenvalue weighted by molar-refractivity contribution is -0.119. The lowest BCUT2D eigenvalue weighted by Gasteiger charge is -2.28. The van der Waals surface area contributed by atoms with Crippen LogP contribution >= 0.6 is 0 Å². The molecule has 1 saturated heterocycles. The fourth-order valence-electron chi connectivity index (χ4n) is 5.58. The first-order chi connectivity index (χ1) is 19.5. The Morgan fingerprint density at radius 2 is 1.75 bits per heavy atom. The number of hydrogen-bond donors (Lipinski definition) is 3. The number of anilines is 3. The molecule has 0 saturated carbocycles. The van der Waals surface area contributed by atoms with Crippen molar-refractivity contribution in [2.45, 2.75) is 6.42 Å². The Balaban J connectivity index is 1.31. The maximum Gasteiger partial charge on any atom is 0.337 e. The van der Waals surface area contributed by atoms with Crippen molar-refractivity contribution >= 4 is 46.1 Å². The zero-order valence-electron chi connectivity index (χ0n) is 22.3. The van der Waals surface area contributed by atoms with Crippen LogP contribution in [0.5, 0.6) is 0 Å². The van der Waals surface area contributed by atoms with Crippen LogP contribution in [0.4, 0.5) is 17.1 Å². The molecular formula is C31H31N5O4. The molecule has 6 rings (SSSR count). The normalized spacial score (nSPS) is 17.6. The molecule has 0 aliphatic carbocycles. The van der Waals surface area contributed by atoms with E-state index in [1.807, 2.05) is 47.4 Å². The van der Waals surface area contributed by atoms with Crippen molar-refractivity contribution in [3.05, 3.63) is 89.0 Å². The first kappa shape index (κ1) is 25.8. The smallest absolute Gasteiger partial charge is 0.337 e. The average Bonchev–Trinajstić information content (AvgIpc) is 3.56. The van der Waals surface area contributed by atoms with E-state index in [1.165, 1.54) is 7.11 Å². The molecular weight excluding hydrogens is 506 g/mol. The van der Waals surface area contributed by atoms with Gasteiger partial charge in [-0.1, -0.05) is 36.4 Å². The SMILES string of the molecule is COC(=O)c1ccc2c(c1)NC(=O)/C2=C(\Nc1ccc2c(c1)CCN2C(=O)CN1CCNCC1)c1ccccc1. The zero-order chi connectivity index (χ0) is 27.6. The molecule has 3 aromatic rings. The maximum atomic E-state index is 13.3. The van der Waals surface area contributed by atoms with Gasteiger partial charge in [0.15, 0.2) is 0 Å². The summed E-state index contributed by atoms with van der Waals surface area (Å²) in [6, 6.07) is 20.7. The zero-order valence-corrected chi connectivity index (χ0v) is 22.3. The predicted molar refractivity (Wildman–Crippen MR) is 155 cm³/mol. The second kappa shape index (κ2) is 11.0. The number of nitrogens with one attached hydrogen (secondary N) is 3. The number of hydrogen-bond acceptors (Lipinski definition) is 7. The molecule has 0 unspecified atom stereocenters. The molecule has 0 spiro atoms. The Labute approximate surface area is 232 Å². The monoisotopic (exact) mass is 537 g/mol. The molecule has 40 heavy (non-hydrogen) atoms. The number of amides is 2. The van der Waals surface area contributed by atoms with E-state index in [-0.39, 0.29) is 11.8 Å². The number of methoxy groups -OCH3 is 1. The lowest BCUT2D eigenvalue weighted by Crippen LogP contribution is -2.48. The number of ether oxygens (including phenoxy) is 1. The topological polar surface area (TPSA) is 103 Å². The highest BCUT2D eigenvalue weighted by molar-refractivity contribution is 6.37. The van der Waals surface area contributed by atoms with Gasteiger partial charge in [0.2, 0.25) is 5.91 Å². The molecule has 0 aromatic heterocycles. The van der Waals surface area contributed by atoms with Crippen LogP contribution in [-0.4, -0.2) is 69.1 Å². The largest absolute Gasteiger partial charge is 0.465 e. The summed E-state index contributed by atoms with van der Waals surface area (Å²) >= 11 is 0. The Morgan fingerprint density at radius 3 is 2.52 bits per heavy atom. The van der Waals surface area contributed by atoms with E-state index in [0.717, 1.165) is 55.1 Å². The number of piperazine rings is 1. The van der Waals surface area contributed by atoms with E-state index < -0.39 is 5.97 Å². The molecule has 3 aliphatic heterocycles. The summed E-state index contributed by atoms with van der Waals surface area (Å²) in [6.45, 7) is 4.67. The van der Waals surface area contributed by atoms with Gasteiger partial charge in [-0.15, -0.1) is 0 Å². The van der Waals surface area contributed by atoms with Crippen LogP contribution in [0.2, 0.25) is 0 Å². The minimum atomic E-state index is -0.463. The number of benzene rings is 3. The van der Waals surface area contributed by atoms with E-state index in [0.29, 0.717) is 41.2 Å². The fraction of sp³-hybridized carbons (Fsp3) is 0.258. The summed E-state index contributed by atoms with van der Waals surface area (Å²) in [4.78, 5) is 42.5. The van der Waals surface area contributed by atoms with Crippen LogP contribution in [0.1, 0.15) is 27.0 Å². The van der Waals surface area contributed by atoms with Gasteiger partial charge in [0, 0.05) is 49.7 Å². The summed E-state index contributed by atoms with van der Waals surface area (Å²) < 4.78 is 4.84. The van der Waals surface area contributed by atoms with Gasteiger partial charge in [-0.05, 0) is 47.9 Å². The van der Waals surface area contributed by atoms with Gasteiger partial charge in [0.25, 0.3) is 5.91 Å². The molecule has 9 heteroatoms. The lowest BCUT2D eigenvalue weighted by atomic mass is 9.99. The Bertz CT molecular complexity index is 1510. The van der Waals surface area contributed by atoms with Gasteiger partial charge in [-0.25, -0.2) is 4.79 Å². The molecule has 204 valence electrons. The van der Waals surface area contributed by atoms with Gasteiger partial charge >= 0.3 is 5.97 Å². The quantitative estimate of drug-likeness (QED) is 0.328. The number of rotatable bonds is 6. The highest BCUT2D eigenvalue weighted by Gasteiger charge is 2.30. The Kier molecular flexibility index (Phi) is 7.06. The highest BCUT2D eigenvalue weighted by Crippen LogP contribution is 2.39. The maximum absolute atomic E-state index is 13.3. The van der Waals surface area contributed by atoms with Gasteiger partial charge in [0.05, 0.1) is 36.2 Å². The van der Waals surface area contributed by atoms with Gasteiger partial charge in [-0.2, -0.15) is 0 Å². The summed E-state index contributed by atoms with van der Waals surface area (Å²) in [6.07, 6.45) is 0.773. The predicted octanol–water partition coefficient (Wildman–Crippen LogP) is 3.20. The second-order valence-corrected chi connectivity index (χ2v) is 10.1. The summed E-state index contributed by atoms with van der Waals surface area (Å²) in [5, 5.41) is 9.73. The highest BCUT2D eigenvalue weighted by atomic mass is 16.5. The van der Waals surface area contributed by atoms with Crippen molar-refractivity contribution in [3.8, 4) is 0 Å². The van der Waals surface area contributed by atoms with E-state index in [9.17, 15) is 14.4 Å². The average molecular weight is 538 g/mol. The third-order valence-corrected chi connectivity index (χ3v) is 7.61. The molecule has 2 amide bonds. The molecule has 0 radical (unpaired) electrons. The molecule has 0 bridgehead atoms. The summed E-state index contributed by atoms with van der Waals surface area (Å²) in [5.41, 5.74) is 6.50. The molecule has 9 nitrogen and oxygen atoms in total. The minimum absolute atomic E-state index is 0.124. The van der Waals surface area contributed by atoms with Crippen LogP contribution in [0.25, 0.3) is 11.3 Å². The van der Waals surface area contributed by atoms with Crippen molar-refractivity contribution in [1.29, 1.82) is 0 Å². The summed E-state index contributed by atoms with van der Waals surface area (Å²) in [5.74, 6) is -0.595. The van der Waals surface area contributed by atoms with Crippen molar-refractivity contribution < 1.29 is 19.1 Å². The second-order valence-electron chi connectivity index (χ2n) is 10.1. The van der Waals surface area contributed by atoms with Gasteiger partial charge < -0.3 is 25.6 Å². The summed E-state index contributed by atoms with van der Waals surface area (Å²) in [7, 11) is 1.33. The number of carbonyl (C=O) groups is 3. The Hall–Kier alpha value is -4.47. The van der Waals surface area contributed by atoms with Crippen molar-refractivity contribution in [2.24, 2.45) is 0 Å². The van der Waals surface area contributed by atoms with Gasteiger partial charge in [0.1, 0.15) is 0 Å². The van der Waals surface area contributed by atoms with Gasteiger partial charge in [-0.3, -0.25) is 14.5 Å².